The molecule has 176 valence electrons. The number of rotatable bonds is 4. The van der Waals surface area contributed by atoms with E-state index in [2.05, 4.69) is 109 Å². The predicted molar refractivity (Wildman–Crippen MR) is 158 cm³/mol. The van der Waals surface area contributed by atoms with Gasteiger partial charge < -0.3 is 0 Å². The minimum Gasteiger partial charge on any atom is -0.236 e. The van der Waals surface area contributed by atoms with Gasteiger partial charge in [-0.2, -0.15) is 0 Å². The Morgan fingerprint density at radius 3 is 2.19 bits per heavy atom. The highest BCUT2D eigenvalue weighted by Gasteiger charge is 2.13. The highest BCUT2D eigenvalue weighted by Crippen LogP contribution is 2.39. The van der Waals surface area contributed by atoms with Crippen LogP contribution in [0.2, 0.25) is 0 Å². The van der Waals surface area contributed by atoms with E-state index in [1.807, 2.05) is 23.7 Å². The molecule has 0 bridgehead atoms. The van der Waals surface area contributed by atoms with Gasteiger partial charge in [0.2, 0.25) is 0 Å². The smallest absolute Gasteiger partial charge is 0.159 e. The van der Waals surface area contributed by atoms with Crippen LogP contribution in [-0.2, 0) is 0 Å². The molecule has 3 heteroatoms. The molecule has 0 aliphatic heterocycles. The van der Waals surface area contributed by atoms with Gasteiger partial charge in [0.1, 0.15) is 0 Å². The number of hydrogen-bond donors (Lipinski definition) is 0. The summed E-state index contributed by atoms with van der Waals surface area (Å²) in [6, 6.07) is 32.3. The zero-order valence-corrected chi connectivity index (χ0v) is 21.1. The van der Waals surface area contributed by atoms with Crippen molar-refractivity contribution in [3.8, 4) is 33.6 Å². The van der Waals surface area contributed by atoms with Gasteiger partial charge in [-0.05, 0) is 59.4 Å². The van der Waals surface area contributed by atoms with Crippen molar-refractivity contribution in [3.05, 3.63) is 127 Å². The average molecular weight is 493 g/mol. The first-order valence-corrected chi connectivity index (χ1v) is 13.5. The Hall–Kier alpha value is -4.34. The first-order chi connectivity index (χ1) is 18.3. The van der Waals surface area contributed by atoms with Crippen molar-refractivity contribution < 1.29 is 0 Å². The normalized spacial score (nSPS) is 13.2. The maximum Gasteiger partial charge on any atom is 0.159 e. The summed E-state index contributed by atoms with van der Waals surface area (Å²) in [5.41, 5.74) is 8.09. The number of thiophene rings is 1. The van der Waals surface area contributed by atoms with Gasteiger partial charge in [0, 0.05) is 49.3 Å². The quantitative estimate of drug-likeness (QED) is 0.245. The fourth-order valence-corrected chi connectivity index (χ4v) is 6.38. The molecule has 6 aromatic rings. The number of fused-ring (bicyclic) bond motifs is 3. The predicted octanol–water partition coefficient (Wildman–Crippen LogP) is 9.58. The SMILES string of the molecule is C1=CC(c2cc(-c3ccccc3)cc(-c3ncc(-c4cccc5c4sc4ccccc45)cn3)c2)=CCC1. The summed E-state index contributed by atoms with van der Waals surface area (Å²) in [5.74, 6) is 0.742. The van der Waals surface area contributed by atoms with Crippen molar-refractivity contribution in [2.24, 2.45) is 0 Å². The van der Waals surface area contributed by atoms with Crippen LogP contribution in [0.15, 0.2) is 122 Å². The van der Waals surface area contributed by atoms with Crippen molar-refractivity contribution in [2.45, 2.75) is 12.8 Å². The van der Waals surface area contributed by atoms with Crippen LogP contribution in [0.3, 0.4) is 0 Å². The van der Waals surface area contributed by atoms with Gasteiger partial charge in [-0.25, -0.2) is 9.97 Å². The molecule has 2 heterocycles. The minimum atomic E-state index is 0.742. The van der Waals surface area contributed by atoms with Crippen LogP contribution in [0.5, 0.6) is 0 Å². The number of allylic oxidation sites excluding steroid dienone is 4. The first-order valence-electron chi connectivity index (χ1n) is 12.6. The van der Waals surface area contributed by atoms with Crippen LogP contribution in [0.1, 0.15) is 18.4 Å². The molecular formula is C34H24N2S. The molecule has 0 fully saturated rings. The van der Waals surface area contributed by atoms with Crippen molar-refractivity contribution >= 4 is 37.1 Å². The maximum atomic E-state index is 4.86. The second-order valence-corrected chi connectivity index (χ2v) is 10.4. The van der Waals surface area contributed by atoms with E-state index in [1.165, 1.54) is 48.0 Å². The molecule has 0 saturated carbocycles. The molecule has 0 unspecified atom stereocenters. The second-order valence-electron chi connectivity index (χ2n) is 9.38. The maximum absolute atomic E-state index is 4.86. The fourth-order valence-electron chi connectivity index (χ4n) is 5.14. The minimum absolute atomic E-state index is 0.742. The van der Waals surface area contributed by atoms with Gasteiger partial charge >= 0.3 is 0 Å². The topological polar surface area (TPSA) is 25.8 Å². The van der Waals surface area contributed by atoms with E-state index in [4.69, 9.17) is 9.97 Å². The summed E-state index contributed by atoms with van der Waals surface area (Å²) in [7, 11) is 0. The third kappa shape index (κ3) is 4.08. The van der Waals surface area contributed by atoms with E-state index in [0.717, 1.165) is 29.8 Å². The summed E-state index contributed by atoms with van der Waals surface area (Å²) < 4.78 is 2.59. The molecule has 0 N–H and O–H groups in total. The molecule has 1 aliphatic carbocycles. The Morgan fingerprint density at radius 2 is 1.35 bits per heavy atom. The molecule has 4 aromatic carbocycles. The monoisotopic (exact) mass is 492 g/mol. The summed E-state index contributed by atoms with van der Waals surface area (Å²) in [6.45, 7) is 0. The Labute approximate surface area is 220 Å². The number of nitrogens with zero attached hydrogens (tertiary/aromatic N) is 2. The summed E-state index contributed by atoms with van der Waals surface area (Å²) in [4.78, 5) is 9.73. The number of benzene rings is 4. The number of aromatic nitrogens is 2. The zero-order valence-electron chi connectivity index (χ0n) is 20.3. The van der Waals surface area contributed by atoms with Crippen LogP contribution in [-0.4, -0.2) is 9.97 Å². The molecule has 0 spiro atoms. The third-order valence-electron chi connectivity index (χ3n) is 6.99. The van der Waals surface area contributed by atoms with Gasteiger partial charge in [0.05, 0.1) is 0 Å². The molecule has 2 aromatic heterocycles. The highest BCUT2D eigenvalue weighted by molar-refractivity contribution is 7.26. The summed E-state index contributed by atoms with van der Waals surface area (Å²) in [5, 5.41) is 2.59. The van der Waals surface area contributed by atoms with Gasteiger partial charge in [-0.3, -0.25) is 0 Å². The van der Waals surface area contributed by atoms with Crippen LogP contribution in [0, 0.1) is 0 Å². The highest BCUT2D eigenvalue weighted by atomic mass is 32.1. The Kier molecular flexibility index (Phi) is 5.49. The molecule has 0 atom stereocenters. The van der Waals surface area contributed by atoms with Crippen molar-refractivity contribution in [3.63, 3.8) is 0 Å². The lowest BCUT2D eigenvalue weighted by atomic mass is 9.93. The molecule has 1 aliphatic rings. The third-order valence-corrected chi connectivity index (χ3v) is 8.21. The molecule has 0 radical (unpaired) electrons. The average Bonchev–Trinajstić information content (AvgIpc) is 3.37. The van der Waals surface area contributed by atoms with Gasteiger partial charge in [-0.15, -0.1) is 11.3 Å². The number of hydrogen-bond acceptors (Lipinski definition) is 3. The summed E-state index contributed by atoms with van der Waals surface area (Å²) >= 11 is 1.83. The van der Waals surface area contributed by atoms with E-state index >= 15 is 0 Å². The Bertz CT molecular complexity index is 1810. The Morgan fingerprint density at radius 1 is 0.595 bits per heavy atom. The lowest BCUT2D eigenvalue weighted by Gasteiger charge is -2.13. The van der Waals surface area contributed by atoms with E-state index in [1.54, 1.807) is 0 Å². The van der Waals surface area contributed by atoms with Crippen molar-refractivity contribution in [1.29, 1.82) is 0 Å². The van der Waals surface area contributed by atoms with Gasteiger partial charge in [0.15, 0.2) is 5.82 Å². The lowest BCUT2D eigenvalue weighted by molar-refractivity contribution is 1.04. The standard InChI is InChI=1S/C34H24N2S/c1-3-10-23(11-4-1)25-18-26(24-12-5-2-6-13-24)20-27(19-25)34-35-21-28(22-36-34)29-15-9-16-31-30-14-7-8-17-32(30)37-33(29)31/h1,3-5,7-22H,2,6H2. The second kappa shape index (κ2) is 9.27. The van der Waals surface area contributed by atoms with E-state index in [-0.39, 0.29) is 0 Å². The molecule has 2 nitrogen and oxygen atoms in total. The first kappa shape index (κ1) is 21.9. The molecular weight excluding hydrogens is 468 g/mol. The lowest BCUT2D eigenvalue weighted by Crippen LogP contribution is -1.94. The van der Waals surface area contributed by atoms with Crippen LogP contribution < -0.4 is 0 Å². The van der Waals surface area contributed by atoms with E-state index < -0.39 is 0 Å². The summed E-state index contributed by atoms with van der Waals surface area (Å²) in [6.07, 6.45) is 12.9. The van der Waals surface area contributed by atoms with Crippen molar-refractivity contribution in [2.75, 3.05) is 0 Å². The molecule has 7 rings (SSSR count). The molecule has 0 amide bonds. The van der Waals surface area contributed by atoms with Crippen molar-refractivity contribution in [1.82, 2.24) is 9.97 Å². The van der Waals surface area contributed by atoms with E-state index in [0.29, 0.717) is 0 Å². The Balaban J connectivity index is 1.32. The largest absolute Gasteiger partial charge is 0.236 e. The molecule has 0 saturated heterocycles. The van der Waals surface area contributed by atoms with Crippen LogP contribution >= 0.6 is 11.3 Å². The fraction of sp³-hybridized carbons (Fsp3) is 0.0588. The molecule has 37 heavy (non-hydrogen) atoms. The zero-order chi connectivity index (χ0) is 24.6. The van der Waals surface area contributed by atoms with Crippen LogP contribution in [0.25, 0.3) is 59.4 Å². The van der Waals surface area contributed by atoms with E-state index in [9.17, 15) is 0 Å². The van der Waals surface area contributed by atoms with Crippen LogP contribution in [0.4, 0.5) is 0 Å². The van der Waals surface area contributed by atoms with Gasteiger partial charge in [-0.1, -0.05) is 85.0 Å². The van der Waals surface area contributed by atoms with Gasteiger partial charge in [0.25, 0.3) is 0 Å².